The van der Waals surface area contributed by atoms with Crippen LogP contribution < -0.4 is 9.80 Å². The van der Waals surface area contributed by atoms with Crippen molar-refractivity contribution in [1.29, 1.82) is 0 Å². The Balaban J connectivity index is 1.06. The predicted molar refractivity (Wildman–Crippen MR) is 151 cm³/mol. The third kappa shape index (κ3) is 4.37. The summed E-state index contributed by atoms with van der Waals surface area (Å²) in [5.41, 5.74) is 4.13. The van der Waals surface area contributed by atoms with Crippen molar-refractivity contribution in [3.8, 4) is 0 Å². The van der Waals surface area contributed by atoms with Crippen molar-refractivity contribution >= 4 is 29.2 Å². The standard InChI is InChI=1S/C29H33N9O3/c1-19-14-21(35-11-8-28(2,16-35)20-6-4-3-5-7-20)15-38-24(19)30-22(34-38)25(39)36-12-9-29(17-36)10-13-37(18-29)27-31-23(26(40)41)32-33-27/h3-7,14-15H,8-13,16-18H2,1-2H3,(H,40,41)(H,31,32,33)/t28-,29?/m0/s1. The summed E-state index contributed by atoms with van der Waals surface area (Å²) in [7, 11) is 0. The number of likely N-dealkylation sites (tertiary alicyclic amines) is 1. The molecule has 1 amide bonds. The van der Waals surface area contributed by atoms with Gasteiger partial charge in [-0.25, -0.2) is 14.3 Å². The molecule has 1 unspecified atom stereocenters. The molecule has 1 aromatic carbocycles. The molecule has 3 aromatic heterocycles. The predicted octanol–water partition coefficient (Wildman–Crippen LogP) is 2.76. The zero-order chi connectivity index (χ0) is 28.4. The molecule has 3 aliphatic rings. The van der Waals surface area contributed by atoms with Crippen LogP contribution in [0.4, 0.5) is 11.6 Å². The molecule has 0 radical (unpaired) electrons. The number of aromatic carboxylic acids is 1. The normalized spacial score (nSPS) is 24.3. The maximum Gasteiger partial charge on any atom is 0.373 e. The number of pyridine rings is 1. The molecule has 2 atom stereocenters. The van der Waals surface area contributed by atoms with Gasteiger partial charge in [-0.3, -0.25) is 9.89 Å². The lowest BCUT2D eigenvalue weighted by Crippen LogP contribution is -2.34. The summed E-state index contributed by atoms with van der Waals surface area (Å²) in [6.45, 7) is 8.84. The van der Waals surface area contributed by atoms with Gasteiger partial charge in [-0.1, -0.05) is 37.3 Å². The summed E-state index contributed by atoms with van der Waals surface area (Å²) in [6.07, 6.45) is 4.80. The number of carboxylic acid groups (broad SMARTS) is 1. The Kier molecular flexibility index (Phi) is 5.77. The number of aryl methyl sites for hydroxylation is 1. The minimum absolute atomic E-state index is 0.0803. The van der Waals surface area contributed by atoms with Crippen molar-refractivity contribution in [2.75, 3.05) is 49.1 Å². The second-order valence-corrected chi connectivity index (χ2v) is 12.1. The van der Waals surface area contributed by atoms with Crippen molar-refractivity contribution in [1.82, 2.24) is 34.7 Å². The van der Waals surface area contributed by atoms with Gasteiger partial charge in [-0.15, -0.1) is 10.2 Å². The second-order valence-electron chi connectivity index (χ2n) is 12.1. The number of hydrogen-bond donors (Lipinski definition) is 2. The topological polar surface area (TPSA) is 136 Å². The van der Waals surface area contributed by atoms with Crippen molar-refractivity contribution < 1.29 is 14.7 Å². The van der Waals surface area contributed by atoms with Crippen LogP contribution in [0.15, 0.2) is 42.6 Å². The van der Waals surface area contributed by atoms with Crippen LogP contribution >= 0.6 is 0 Å². The van der Waals surface area contributed by atoms with E-state index in [9.17, 15) is 9.59 Å². The molecule has 6 heterocycles. The Morgan fingerprint density at radius 2 is 1.76 bits per heavy atom. The molecule has 7 rings (SSSR count). The first kappa shape index (κ1) is 25.5. The number of aromatic nitrogens is 6. The zero-order valence-electron chi connectivity index (χ0n) is 23.2. The first-order valence-corrected chi connectivity index (χ1v) is 14.1. The van der Waals surface area contributed by atoms with E-state index in [0.29, 0.717) is 37.8 Å². The highest BCUT2D eigenvalue weighted by Crippen LogP contribution is 2.41. The number of aromatic amines is 1. The SMILES string of the molecule is Cc1cc(N2CC[C@](C)(c3ccccc3)C2)cn2nc(C(=O)N3CCC4(CCN(c5n[nH]c(C(=O)O)n5)C4)C3)nc12. The smallest absolute Gasteiger partial charge is 0.373 e. The number of carbonyl (C=O) groups excluding carboxylic acids is 1. The number of amides is 1. The van der Waals surface area contributed by atoms with Gasteiger partial charge in [0.05, 0.1) is 11.9 Å². The molecule has 2 N–H and O–H groups in total. The Morgan fingerprint density at radius 3 is 2.54 bits per heavy atom. The van der Waals surface area contributed by atoms with E-state index in [1.165, 1.54) is 5.56 Å². The van der Waals surface area contributed by atoms with Gasteiger partial charge in [0.25, 0.3) is 5.91 Å². The van der Waals surface area contributed by atoms with Gasteiger partial charge < -0.3 is 19.8 Å². The fraction of sp³-hybridized carbons (Fsp3) is 0.448. The molecule has 0 saturated carbocycles. The zero-order valence-corrected chi connectivity index (χ0v) is 23.2. The minimum atomic E-state index is -1.14. The number of carboxylic acids is 1. The van der Waals surface area contributed by atoms with Gasteiger partial charge in [0.1, 0.15) is 0 Å². The van der Waals surface area contributed by atoms with Gasteiger partial charge in [0, 0.05) is 50.1 Å². The average Bonchev–Trinajstić information content (AvgIpc) is 3.80. The number of rotatable bonds is 5. The van der Waals surface area contributed by atoms with Gasteiger partial charge >= 0.3 is 5.97 Å². The van der Waals surface area contributed by atoms with Crippen LogP contribution in [-0.4, -0.2) is 90.9 Å². The Hall–Kier alpha value is -4.48. The van der Waals surface area contributed by atoms with Crippen LogP contribution in [0.5, 0.6) is 0 Å². The van der Waals surface area contributed by atoms with E-state index in [4.69, 9.17) is 5.11 Å². The fourth-order valence-electron chi connectivity index (χ4n) is 6.83. The van der Waals surface area contributed by atoms with E-state index >= 15 is 0 Å². The number of anilines is 2. The van der Waals surface area contributed by atoms with Crippen LogP contribution in [0.1, 0.15) is 58.6 Å². The van der Waals surface area contributed by atoms with E-state index in [0.717, 1.165) is 43.6 Å². The molecule has 12 heteroatoms. The molecule has 3 fully saturated rings. The van der Waals surface area contributed by atoms with E-state index in [1.807, 2.05) is 22.9 Å². The summed E-state index contributed by atoms with van der Waals surface area (Å²) in [5, 5.41) is 20.3. The summed E-state index contributed by atoms with van der Waals surface area (Å²) in [4.78, 5) is 39.7. The number of nitrogens with one attached hydrogen (secondary N) is 1. The summed E-state index contributed by atoms with van der Waals surface area (Å²) in [5.74, 6) is -0.861. The molecule has 4 aromatic rings. The third-order valence-corrected chi connectivity index (χ3v) is 9.23. The van der Waals surface area contributed by atoms with E-state index < -0.39 is 5.97 Å². The lowest BCUT2D eigenvalue weighted by atomic mass is 9.82. The molecule has 12 nitrogen and oxygen atoms in total. The first-order valence-electron chi connectivity index (χ1n) is 14.1. The molecule has 0 aliphatic carbocycles. The van der Waals surface area contributed by atoms with Crippen molar-refractivity contribution in [3.63, 3.8) is 0 Å². The Morgan fingerprint density at radius 1 is 0.976 bits per heavy atom. The molecule has 1 spiro atoms. The third-order valence-electron chi connectivity index (χ3n) is 9.23. The van der Waals surface area contributed by atoms with E-state index in [1.54, 1.807) is 4.52 Å². The summed E-state index contributed by atoms with van der Waals surface area (Å²) in [6, 6.07) is 12.8. The Labute approximate surface area is 237 Å². The first-order chi connectivity index (χ1) is 19.7. The highest BCUT2D eigenvalue weighted by molar-refractivity contribution is 5.91. The second kappa shape index (κ2) is 9.28. The lowest BCUT2D eigenvalue weighted by Gasteiger charge is -2.26. The summed E-state index contributed by atoms with van der Waals surface area (Å²) < 4.78 is 1.75. The van der Waals surface area contributed by atoms with Crippen molar-refractivity contribution in [2.45, 2.75) is 38.5 Å². The number of carbonyl (C=O) groups is 2. The molecule has 212 valence electrons. The maximum absolute atomic E-state index is 13.5. The van der Waals surface area contributed by atoms with Gasteiger partial charge in [-0.2, -0.15) is 4.98 Å². The molecular formula is C29H33N9O3. The monoisotopic (exact) mass is 555 g/mol. The largest absolute Gasteiger partial charge is 0.475 e. The summed E-state index contributed by atoms with van der Waals surface area (Å²) >= 11 is 0. The van der Waals surface area contributed by atoms with Gasteiger partial charge in [0.2, 0.25) is 17.6 Å². The number of fused-ring (bicyclic) bond motifs is 1. The van der Waals surface area contributed by atoms with Crippen LogP contribution in [0, 0.1) is 12.3 Å². The van der Waals surface area contributed by atoms with Crippen LogP contribution in [0.3, 0.4) is 0 Å². The van der Waals surface area contributed by atoms with E-state index in [2.05, 4.69) is 73.5 Å². The highest BCUT2D eigenvalue weighted by atomic mass is 16.4. The van der Waals surface area contributed by atoms with Crippen LogP contribution in [0.2, 0.25) is 0 Å². The Bertz CT molecular complexity index is 1650. The number of benzene rings is 1. The highest BCUT2D eigenvalue weighted by Gasteiger charge is 2.46. The number of nitrogens with zero attached hydrogens (tertiary/aromatic N) is 8. The average molecular weight is 556 g/mol. The quantitative estimate of drug-likeness (QED) is 0.381. The molecule has 3 aliphatic heterocycles. The molecule has 41 heavy (non-hydrogen) atoms. The van der Waals surface area contributed by atoms with Crippen LogP contribution in [-0.2, 0) is 5.41 Å². The lowest BCUT2D eigenvalue weighted by molar-refractivity contribution is 0.0683. The van der Waals surface area contributed by atoms with E-state index in [-0.39, 0.29) is 28.4 Å². The van der Waals surface area contributed by atoms with Crippen molar-refractivity contribution in [3.05, 3.63) is 65.4 Å². The molecule has 0 bridgehead atoms. The minimum Gasteiger partial charge on any atom is -0.475 e. The maximum atomic E-state index is 13.5. The number of hydrogen-bond acceptors (Lipinski definition) is 8. The van der Waals surface area contributed by atoms with Gasteiger partial charge in [0.15, 0.2) is 5.65 Å². The molecular weight excluding hydrogens is 522 g/mol. The number of H-pyrrole nitrogens is 1. The molecule has 3 saturated heterocycles. The van der Waals surface area contributed by atoms with Crippen molar-refractivity contribution in [2.24, 2.45) is 5.41 Å². The van der Waals surface area contributed by atoms with Crippen LogP contribution in [0.25, 0.3) is 5.65 Å². The van der Waals surface area contributed by atoms with Gasteiger partial charge in [-0.05, 0) is 43.4 Å². The fourth-order valence-corrected chi connectivity index (χ4v) is 6.83.